The molecule has 2 aromatic heterocycles. The highest BCUT2D eigenvalue weighted by molar-refractivity contribution is 5.95. The van der Waals surface area contributed by atoms with Crippen LogP contribution in [0.5, 0.6) is 11.6 Å². The highest BCUT2D eigenvalue weighted by atomic mass is 16.5. The van der Waals surface area contributed by atoms with Crippen molar-refractivity contribution in [3.63, 3.8) is 0 Å². The smallest absolute Gasteiger partial charge is 0.356 e. The topological polar surface area (TPSA) is 84.1 Å². The number of aromatic hydroxyl groups is 1. The SMILES string of the molecule is COc1ccc(-c2nc(C(=O)O)c3cccc(O)n23)cc1. The van der Waals surface area contributed by atoms with Crippen LogP contribution in [0.4, 0.5) is 0 Å². The number of methoxy groups -OCH3 is 1. The summed E-state index contributed by atoms with van der Waals surface area (Å²) in [5.41, 5.74) is 0.921. The summed E-state index contributed by atoms with van der Waals surface area (Å²) < 4.78 is 6.50. The number of benzene rings is 1. The molecule has 0 unspecified atom stereocenters. The molecule has 0 aliphatic rings. The van der Waals surface area contributed by atoms with Gasteiger partial charge in [0.25, 0.3) is 0 Å². The van der Waals surface area contributed by atoms with E-state index in [0.29, 0.717) is 22.7 Å². The number of aromatic carboxylic acids is 1. The zero-order chi connectivity index (χ0) is 15.0. The van der Waals surface area contributed by atoms with Gasteiger partial charge in [0.15, 0.2) is 11.6 Å². The fourth-order valence-electron chi connectivity index (χ4n) is 2.21. The second-order valence-electron chi connectivity index (χ2n) is 4.42. The van der Waals surface area contributed by atoms with Crippen molar-refractivity contribution in [2.45, 2.75) is 0 Å². The van der Waals surface area contributed by atoms with Crippen molar-refractivity contribution in [1.29, 1.82) is 0 Å². The number of aromatic nitrogens is 2. The minimum atomic E-state index is -1.14. The maximum atomic E-state index is 11.3. The van der Waals surface area contributed by atoms with Crippen LogP contribution in [0.3, 0.4) is 0 Å². The van der Waals surface area contributed by atoms with Crippen LogP contribution in [0.2, 0.25) is 0 Å². The molecule has 0 saturated carbocycles. The Morgan fingerprint density at radius 3 is 2.52 bits per heavy atom. The predicted molar refractivity (Wildman–Crippen MR) is 75.8 cm³/mol. The van der Waals surface area contributed by atoms with Gasteiger partial charge in [-0.15, -0.1) is 0 Å². The molecule has 3 aromatic rings. The Labute approximate surface area is 119 Å². The Bertz CT molecular complexity index is 822. The van der Waals surface area contributed by atoms with Gasteiger partial charge >= 0.3 is 5.97 Å². The maximum Gasteiger partial charge on any atom is 0.356 e. The monoisotopic (exact) mass is 284 g/mol. The van der Waals surface area contributed by atoms with Gasteiger partial charge in [-0.05, 0) is 36.4 Å². The lowest BCUT2D eigenvalue weighted by atomic mass is 10.2. The third kappa shape index (κ3) is 2.06. The van der Waals surface area contributed by atoms with Crippen LogP contribution in [-0.2, 0) is 0 Å². The van der Waals surface area contributed by atoms with E-state index in [2.05, 4.69) is 4.98 Å². The number of nitrogens with zero attached hydrogens (tertiary/aromatic N) is 2. The molecule has 6 nitrogen and oxygen atoms in total. The van der Waals surface area contributed by atoms with Crippen LogP contribution in [0.15, 0.2) is 42.5 Å². The number of carboxylic acid groups (broad SMARTS) is 1. The first kappa shape index (κ1) is 13.0. The lowest BCUT2D eigenvalue weighted by Crippen LogP contribution is -1.97. The van der Waals surface area contributed by atoms with E-state index in [1.807, 2.05) is 0 Å². The quantitative estimate of drug-likeness (QED) is 0.771. The molecule has 0 atom stereocenters. The van der Waals surface area contributed by atoms with Gasteiger partial charge in [0.05, 0.1) is 12.6 Å². The third-order valence-electron chi connectivity index (χ3n) is 3.19. The molecule has 6 heteroatoms. The summed E-state index contributed by atoms with van der Waals surface area (Å²) in [6.07, 6.45) is 0. The van der Waals surface area contributed by atoms with Gasteiger partial charge in [-0.3, -0.25) is 4.40 Å². The maximum absolute atomic E-state index is 11.3. The molecule has 0 aliphatic heterocycles. The summed E-state index contributed by atoms with van der Waals surface area (Å²) in [6.45, 7) is 0. The van der Waals surface area contributed by atoms with Crippen molar-refractivity contribution in [3.05, 3.63) is 48.2 Å². The minimum absolute atomic E-state index is 0.0710. The number of carbonyl (C=O) groups is 1. The Balaban J connectivity index is 2.28. The van der Waals surface area contributed by atoms with Crippen molar-refractivity contribution in [3.8, 4) is 23.0 Å². The van der Waals surface area contributed by atoms with Crippen LogP contribution in [0.1, 0.15) is 10.5 Å². The van der Waals surface area contributed by atoms with Gasteiger partial charge in [-0.2, -0.15) is 0 Å². The second-order valence-corrected chi connectivity index (χ2v) is 4.42. The molecule has 2 heterocycles. The van der Waals surface area contributed by atoms with Gasteiger partial charge in [0.1, 0.15) is 11.6 Å². The summed E-state index contributed by atoms with van der Waals surface area (Å²) in [5.74, 6) is -0.165. The molecule has 0 spiro atoms. The van der Waals surface area contributed by atoms with E-state index in [-0.39, 0.29) is 11.6 Å². The largest absolute Gasteiger partial charge is 0.497 e. The van der Waals surface area contributed by atoms with Crippen LogP contribution in [-0.4, -0.2) is 32.7 Å². The Morgan fingerprint density at radius 2 is 1.90 bits per heavy atom. The molecule has 0 aliphatic carbocycles. The van der Waals surface area contributed by atoms with E-state index >= 15 is 0 Å². The minimum Gasteiger partial charge on any atom is -0.497 e. The van der Waals surface area contributed by atoms with E-state index in [4.69, 9.17) is 4.74 Å². The highest BCUT2D eigenvalue weighted by Gasteiger charge is 2.19. The van der Waals surface area contributed by atoms with Gasteiger partial charge in [0, 0.05) is 5.56 Å². The zero-order valence-corrected chi connectivity index (χ0v) is 11.1. The van der Waals surface area contributed by atoms with E-state index in [0.717, 1.165) is 0 Å². The molecule has 106 valence electrons. The fraction of sp³-hybridized carbons (Fsp3) is 0.0667. The standard InChI is InChI=1S/C15H12N2O4/c1-21-10-7-5-9(6-8-10)14-16-13(15(19)20)11-3-2-4-12(18)17(11)14/h2-8,18H,1H3,(H,19,20). The van der Waals surface area contributed by atoms with E-state index in [1.54, 1.807) is 43.5 Å². The van der Waals surface area contributed by atoms with Crippen molar-refractivity contribution >= 4 is 11.5 Å². The number of hydrogen-bond acceptors (Lipinski definition) is 4. The van der Waals surface area contributed by atoms with E-state index < -0.39 is 5.97 Å². The summed E-state index contributed by atoms with van der Waals surface area (Å²) in [4.78, 5) is 15.4. The average molecular weight is 284 g/mol. The van der Waals surface area contributed by atoms with Crippen LogP contribution in [0, 0.1) is 0 Å². The fourth-order valence-corrected chi connectivity index (χ4v) is 2.21. The number of pyridine rings is 1. The Hall–Kier alpha value is -3.02. The Morgan fingerprint density at radius 1 is 1.19 bits per heavy atom. The van der Waals surface area contributed by atoms with Gasteiger partial charge in [0.2, 0.25) is 0 Å². The molecule has 0 bridgehead atoms. The lowest BCUT2D eigenvalue weighted by molar-refractivity contribution is 0.0693. The zero-order valence-electron chi connectivity index (χ0n) is 11.1. The Kier molecular flexibility index (Phi) is 2.98. The van der Waals surface area contributed by atoms with Crippen molar-refractivity contribution in [2.24, 2.45) is 0 Å². The number of carboxylic acids is 1. The van der Waals surface area contributed by atoms with E-state index in [1.165, 1.54) is 10.5 Å². The molecule has 2 N–H and O–H groups in total. The molecule has 3 rings (SSSR count). The molecule has 0 fully saturated rings. The van der Waals surface area contributed by atoms with Crippen molar-refractivity contribution < 1.29 is 19.7 Å². The van der Waals surface area contributed by atoms with Crippen molar-refractivity contribution in [2.75, 3.05) is 7.11 Å². The van der Waals surface area contributed by atoms with Gasteiger partial charge in [-0.25, -0.2) is 9.78 Å². The van der Waals surface area contributed by atoms with Crippen LogP contribution < -0.4 is 4.74 Å². The average Bonchev–Trinajstić information content (AvgIpc) is 2.88. The normalized spacial score (nSPS) is 10.7. The van der Waals surface area contributed by atoms with Gasteiger partial charge in [-0.1, -0.05) is 6.07 Å². The molecule has 0 amide bonds. The highest BCUT2D eigenvalue weighted by Crippen LogP contribution is 2.28. The molecule has 0 radical (unpaired) electrons. The summed E-state index contributed by atoms with van der Waals surface area (Å²) in [5, 5.41) is 19.3. The van der Waals surface area contributed by atoms with Crippen LogP contribution >= 0.6 is 0 Å². The number of ether oxygens (including phenoxy) is 1. The van der Waals surface area contributed by atoms with Crippen molar-refractivity contribution in [1.82, 2.24) is 9.38 Å². The first-order valence-electron chi connectivity index (χ1n) is 6.20. The third-order valence-corrected chi connectivity index (χ3v) is 3.19. The van der Waals surface area contributed by atoms with Gasteiger partial charge < -0.3 is 14.9 Å². The molecule has 21 heavy (non-hydrogen) atoms. The first-order valence-corrected chi connectivity index (χ1v) is 6.20. The summed E-state index contributed by atoms with van der Waals surface area (Å²) in [6, 6.07) is 11.7. The van der Waals surface area contributed by atoms with E-state index in [9.17, 15) is 15.0 Å². The molecule has 0 saturated heterocycles. The summed E-state index contributed by atoms with van der Waals surface area (Å²) in [7, 11) is 1.56. The number of fused-ring (bicyclic) bond motifs is 1. The predicted octanol–water partition coefficient (Wildman–Crippen LogP) is 2.41. The summed E-state index contributed by atoms with van der Waals surface area (Å²) >= 11 is 0. The molecular weight excluding hydrogens is 272 g/mol. The first-order chi connectivity index (χ1) is 10.1. The molecule has 1 aromatic carbocycles. The number of imidazole rings is 1. The second kappa shape index (κ2) is 4.82. The van der Waals surface area contributed by atoms with Crippen LogP contribution in [0.25, 0.3) is 16.9 Å². The lowest BCUT2D eigenvalue weighted by Gasteiger charge is -2.04. The number of hydrogen-bond donors (Lipinski definition) is 2. The molecular formula is C15H12N2O4. The number of rotatable bonds is 3.